The quantitative estimate of drug-likeness (QED) is 0.449. The fourth-order valence-electron chi connectivity index (χ4n) is 5.39. The molecule has 188 valence electrons. The second-order valence-corrected chi connectivity index (χ2v) is 9.96. The summed E-state index contributed by atoms with van der Waals surface area (Å²) in [5, 5.41) is 23.5. The van der Waals surface area contributed by atoms with Gasteiger partial charge in [0, 0.05) is 35.7 Å². The molecule has 0 aromatic heterocycles. The molecule has 2 saturated carbocycles. The van der Waals surface area contributed by atoms with Gasteiger partial charge < -0.3 is 29.9 Å². The highest BCUT2D eigenvalue weighted by Crippen LogP contribution is 2.51. The lowest BCUT2D eigenvalue weighted by Crippen LogP contribution is -2.57. The van der Waals surface area contributed by atoms with E-state index in [4.69, 9.17) is 9.47 Å². The molecule has 9 heteroatoms. The number of benzene rings is 1. The number of fused-ring (bicyclic) bond motifs is 3. The summed E-state index contributed by atoms with van der Waals surface area (Å²) in [4.78, 5) is 40.0. The Hall–Kier alpha value is -2.91. The van der Waals surface area contributed by atoms with Crippen molar-refractivity contribution in [1.82, 2.24) is 10.2 Å². The molecule has 2 fully saturated rings. The molecule has 4 atom stereocenters. The molecule has 1 aromatic carbocycles. The fourth-order valence-corrected chi connectivity index (χ4v) is 5.39. The van der Waals surface area contributed by atoms with Crippen LogP contribution in [0.4, 0.5) is 0 Å². The van der Waals surface area contributed by atoms with Gasteiger partial charge in [-0.15, -0.1) is 0 Å². The van der Waals surface area contributed by atoms with Gasteiger partial charge in [0.15, 0.2) is 11.5 Å². The third-order valence-corrected chi connectivity index (χ3v) is 7.66. The predicted octanol–water partition coefficient (Wildman–Crippen LogP) is 1.17. The van der Waals surface area contributed by atoms with Crippen LogP contribution in [0.5, 0.6) is 11.5 Å². The van der Waals surface area contributed by atoms with Gasteiger partial charge in [-0.25, -0.2) is 0 Å². The molecule has 0 saturated heterocycles. The van der Waals surface area contributed by atoms with Crippen LogP contribution in [0.2, 0.25) is 0 Å². The Bertz CT molecular complexity index is 1050. The molecule has 1 aromatic rings. The van der Waals surface area contributed by atoms with Gasteiger partial charge in [0.25, 0.3) is 0 Å². The summed E-state index contributed by atoms with van der Waals surface area (Å²) >= 11 is 0. The van der Waals surface area contributed by atoms with Crippen LogP contribution >= 0.6 is 0 Å². The molecule has 3 aliphatic carbocycles. The van der Waals surface area contributed by atoms with E-state index in [1.54, 1.807) is 23.1 Å². The first kappa shape index (κ1) is 23.8. The number of aldehydes is 1. The topological polar surface area (TPSA) is 125 Å². The summed E-state index contributed by atoms with van der Waals surface area (Å²) in [6.45, 7) is 0.393. The van der Waals surface area contributed by atoms with Crippen molar-refractivity contribution >= 4 is 18.1 Å². The van der Waals surface area contributed by atoms with Crippen LogP contribution in [0, 0.1) is 11.8 Å². The molecule has 35 heavy (non-hydrogen) atoms. The SMILES string of the molecule is COc1cc(C=O)cc2c1O[C@@H]1[C@@H](O)[C@H](N(CC3CC3)C(=O)C3CCC3)C=C(C(=O)NCCO)[C@H]21. The molecule has 0 spiro atoms. The van der Waals surface area contributed by atoms with E-state index in [2.05, 4.69) is 5.32 Å². The number of aliphatic hydroxyl groups is 2. The highest BCUT2D eigenvalue weighted by molar-refractivity contribution is 5.96. The van der Waals surface area contributed by atoms with Crippen LogP contribution in [0.15, 0.2) is 23.8 Å². The van der Waals surface area contributed by atoms with Crippen molar-refractivity contribution in [3.05, 3.63) is 34.9 Å². The zero-order chi connectivity index (χ0) is 24.7. The van der Waals surface area contributed by atoms with E-state index in [-0.39, 0.29) is 25.0 Å². The Kier molecular flexibility index (Phi) is 6.55. The van der Waals surface area contributed by atoms with Crippen molar-refractivity contribution in [3.8, 4) is 11.5 Å². The number of nitrogens with one attached hydrogen (secondary N) is 1. The molecule has 1 heterocycles. The van der Waals surface area contributed by atoms with Crippen molar-refractivity contribution in [2.24, 2.45) is 11.8 Å². The maximum atomic E-state index is 13.4. The summed E-state index contributed by atoms with van der Waals surface area (Å²) in [7, 11) is 1.47. The van der Waals surface area contributed by atoms with Crippen LogP contribution in [0.1, 0.15) is 53.9 Å². The first-order valence-corrected chi connectivity index (χ1v) is 12.4. The number of nitrogens with zero attached hydrogens (tertiary/aromatic N) is 1. The van der Waals surface area contributed by atoms with Crippen molar-refractivity contribution in [2.45, 2.75) is 56.3 Å². The van der Waals surface area contributed by atoms with Gasteiger partial charge in [-0.05, 0) is 49.8 Å². The summed E-state index contributed by atoms with van der Waals surface area (Å²) in [6.07, 6.45) is 5.28. The maximum Gasteiger partial charge on any atom is 0.247 e. The molecule has 0 radical (unpaired) electrons. The lowest BCUT2D eigenvalue weighted by molar-refractivity contribution is -0.144. The Labute approximate surface area is 204 Å². The third-order valence-electron chi connectivity index (χ3n) is 7.66. The minimum atomic E-state index is -1.08. The number of aliphatic hydroxyl groups excluding tert-OH is 2. The summed E-state index contributed by atoms with van der Waals surface area (Å²) in [5.74, 6) is 0.0570. The van der Waals surface area contributed by atoms with Crippen molar-refractivity contribution in [2.75, 3.05) is 26.8 Å². The normalized spacial score (nSPS) is 27.0. The molecule has 0 bridgehead atoms. The number of amides is 2. The molecular formula is C26H32N2O7. The second kappa shape index (κ2) is 9.62. The Morgan fingerprint density at radius 1 is 1.26 bits per heavy atom. The number of methoxy groups -OCH3 is 1. The van der Waals surface area contributed by atoms with Gasteiger partial charge in [-0.1, -0.05) is 6.42 Å². The Balaban J connectivity index is 1.57. The van der Waals surface area contributed by atoms with Crippen molar-refractivity contribution < 1.29 is 34.1 Å². The van der Waals surface area contributed by atoms with Crippen LogP contribution < -0.4 is 14.8 Å². The fraction of sp³-hybridized carbons (Fsp3) is 0.577. The highest BCUT2D eigenvalue weighted by Gasteiger charge is 2.52. The molecule has 4 aliphatic rings. The van der Waals surface area contributed by atoms with E-state index in [0.717, 1.165) is 32.1 Å². The first-order valence-electron chi connectivity index (χ1n) is 12.4. The number of carbonyl (C=O) groups excluding carboxylic acids is 3. The molecule has 9 nitrogen and oxygen atoms in total. The van der Waals surface area contributed by atoms with Crippen LogP contribution in [-0.2, 0) is 9.59 Å². The smallest absolute Gasteiger partial charge is 0.247 e. The molecule has 2 amide bonds. The number of ether oxygens (including phenoxy) is 2. The molecule has 0 unspecified atom stereocenters. The van der Waals surface area contributed by atoms with Gasteiger partial charge in [-0.3, -0.25) is 14.4 Å². The average molecular weight is 485 g/mol. The summed E-state index contributed by atoms with van der Waals surface area (Å²) in [6, 6.07) is 2.49. The van der Waals surface area contributed by atoms with Gasteiger partial charge >= 0.3 is 0 Å². The number of carbonyl (C=O) groups is 3. The van der Waals surface area contributed by atoms with Crippen molar-refractivity contribution in [1.29, 1.82) is 0 Å². The van der Waals surface area contributed by atoms with Gasteiger partial charge in [0.2, 0.25) is 11.8 Å². The second-order valence-electron chi connectivity index (χ2n) is 9.96. The van der Waals surface area contributed by atoms with E-state index in [1.807, 2.05) is 0 Å². The van der Waals surface area contributed by atoms with Crippen LogP contribution in [0.25, 0.3) is 0 Å². The van der Waals surface area contributed by atoms with Crippen molar-refractivity contribution in [3.63, 3.8) is 0 Å². The van der Waals surface area contributed by atoms with Gasteiger partial charge in [-0.2, -0.15) is 0 Å². The monoisotopic (exact) mass is 484 g/mol. The minimum Gasteiger partial charge on any atom is -0.493 e. The predicted molar refractivity (Wildman–Crippen MR) is 125 cm³/mol. The van der Waals surface area contributed by atoms with E-state index >= 15 is 0 Å². The zero-order valence-corrected chi connectivity index (χ0v) is 19.8. The lowest BCUT2D eigenvalue weighted by atomic mass is 9.76. The van der Waals surface area contributed by atoms with Gasteiger partial charge in [0.1, 0.15) is 18.5 Å². The standard InChI is InChI=1S/C26H32N2O7/c1-34-20-10-15(13-30)9-17-21-18(25(32)27-7-8-29)11-19(22(31)24(21)35-23(17)20)28(12-14-5-6-14)26(33)16-3-2-4-16/h9-11,13-14,16,19,21-22,24,29,31H,2-8,12H2,1H3,(H,27,32)/t19-,21+,22+,24+/m1/s1. The van der Waals surface area contributed by atoms with Crippen LogP contribution in [0.3, 0.4) is 0 Å². The Morgan fingerprint density at radius 3 is 2.63 bits per heavy atom. The zero-order valence-electron chi connectivity index (χ0n) is 19.8. The first-order chi connectivity index (χ1) is 17.0. The maximum absolute atomic E-state index is 13.4. The van der Waals surface area contributed by atoms with E-state index in [0.29, 0.717) is 46.9 Å². The van der Waals surface area contributed by atoms with E-state index < -0.39 is 30.1 Å². The minimum absolute atomic E-state index is 0.0216. The average Bonchev–Trinajstić information content (AvgIpc) is 3.57. The number of rotatable bonds is 9. The number of hydrogen-bond acceptors (Lipinski definition) is 7. The summed E-state index contributed by atoms with van der Waals surface area (Å²) in [5.41, 5.74) is 1.30. The van der Waals surface area contributed by atoms with E-state index in [1.165, 1.54) is 7.11 Å². The molecule has 3 N–H and O–H groups in total. The highest BCUT2D eigenvalue weighted by atomic mass is 16.5. The molecule has 1 aliphatic heterocycles. The van der Waals surface area contributed by atoms with E-state index in [9.17, 15) is 24.6 Å². The van der Waals surface area contributed by atoms with Crippen LogP contribution in [-0.4, -0.2) is 78.3 Å². The van der Waals surface area contributed by atoms with Gasteiger partial charge in [0.05, 0.1) is 25.7 Å². The third kappa shape index (κ3) is 4.31. The Morgan fingerprint density at radius 2 is 2.03 bits per heavy atom. The number of hydrogen-bond donors (Lipinski definition) is 3. The molecular weight excluding hydrogens is 452 g/mol. The lowest BCUT2D eigenvalue weighted by Gasteiger charge is -2.43. The molecule has 5 rings (SSSR count). The summed E-state index contributed by atoms with van der Waals surface area (Å²) < 4.78 is 11.7. The largest absolute Gasteiger partial charge is 0.493 e.